The minimum absolute atomic E-state index is 0.0988. The Bertz CT molecular complexity index is 507. The van der Waals surface area contributed by atoms with Crippen LogP contribution in [0.25, 0.3) is 0 Å². The van der Waals surface area contributed by atoms with Gasteiger partial charge < -0.3 is 15.4 Å². The Morgan fingerprint density at radius 3 is 3.00 bits per heavy atom. The smallest absolute Gasteiger partial charge is 0.256 e. The number of aryl methyl sites for hydroxylation is 1. The van der Waals surface area contributed by atoms with Crippen molar-refractivity contribution < 1.29 is 9.53 Å². The highest BCUT2D eigenvalue weighted by atomic mass is 16.5. The largest absolute Gasteiger partial charge is 0.398 e. The molecule has 0 bridgehead atoms. The lowest BCUT2D eigenvalue weighted by Gasteiger charge is -2.27. The van der Waals surface area contributed by atoms with E-state index in [4.69, 9.17) is 10.5 Å². The molecule has 102 valence electrons. The monoisotopic (exact) mass is 260 g/mol. The van der Waals surface area contributed by atoms with E-state index in [-0.39, 0.29) is 12.0 Å². The number of benzene rings is 1. The van der Waals surface area contributed by atoms with Gasteiger partial charge in [-0.05, 0) is 49.8 Å². The van der Waals surface area contributed by atoms with Crippen molar-refractivity contribution in [3.05, 3.63) is 23.3 Å². The number of rotatable bonds is 1. The second kappa shape index (κ2) is 4.85. The van der Waals surface area contributed by atoms with Crippen molar-refractivity contribution in [1.29, 1.82) is 0 Å². The summed E-state index contributed by atoms with van der Waals surface area (Å²) in [6.45, 7) is 3.45. The number of ether oxygens (including phenoxy) is 1. The highest BCUT2D eigenvalue weighted by molar-refractivity contribution is 5.99. The van der Waals surface area contributed by atoms with E-state index in [0.29, 0.717) is 6.61 Å². The SMILES string of the molecule is Cc1cc2c(cc1N)N(C(=O)C1CCCCO1)CC2. The summed E-state index contributed by atoms with van der Waals surface area (Å²) >= 11 is 0. The molecular formula is C15H20N2O2. The fourth-order valence-corrected chi connectivity index (χ4v) is 2.91. The number of hydrogen-bond donors (Lipinski definition) is 1. The zero-order valence-corrected chi connectivity index (χ0v) is 11.3. The van der Waals surface area contributed by atoms with Gasteiger partial charge in [-0.15, -0.1) is 0 Å². The molecule has 1 amide bonds. The Hall–Kier alpha value is -1.55. The quantitative estimate of drug-likeness (QED) is 0.786. The van der Waals surface area contributed by atoms with Crippen LogP contribution in [0.15, 0.2) is 12.1 Å². The third-order valence-electron chi connectivity index (χ3n) is 4.08. The minimum Gasteiger partial charge on any atom is -0.398 e. The Kier molecular flexibility index (Phi) is 3.19. The maximum Gasteiger partial charge on any atom is 0.256 e. The lowest BCUT2D eigenvalue weighted by molar-refractivity contribution is -0.132. The molecule has 19 heavy (non-hydrogen) atoms. The number of anilines is 2. The molecule has 2 heterocycles. The van der Waals surface area contributed by atoms with Gasteiger partial charge in [0, 0.05) is 24.5 Å². The van der Waals surface area contributed by atoms with Gasteiger partial charge in [0.15, 0.2) is 0 Å². The summed E-state index contributed by atoms with van der Waals surface area (Å²) in [4.78, 5) is 14.4. The van der Waals surface area contributed by atoms with Crippen LogP contribution in [-0.4, -0.2) is 25.2 Å². The minimum atomic E-state index is -0.262. The highest BCUT2D eigenvalue weighted by Gasteiger charge is 2.32. The van der Waals surface area contributed by atoms with Crippen LogP contribution in [0.3, 0.4) is 0 Å². The third-order valence-corrected chi connectivity index (χ3v) is 4.08. The van der Waals surface area contributed by atoms with E-state index >= 15 is 0 Å². The zero-order valence-electron chi connectivity index (χ0n) is 11.3. The van der Waals surface area contributed by atoms with Crippen molar-refractivity contribution in [1.82, 2.24) is 0 Å². The second-order valence-corrected chi connectivity index (χ2v) is 5.43. The third kappa shape index (κ3) is 2.21. The van der Waals surface area contributed by atoms with E-state index < -0.39 is 0 Å². The summed E-state index contributed by atoms with van der Waals surface area (Å²) in [6.07, 6.45) is 3.63. The van der Waals surface area contributed by atoms with Crippen LogP contribution in [0.5, 0.6) is 0 Å². The van der Waals surface area contributed by atoms with E-state index in [1.165, 1.54) is 5.56 Å². The fourth-order valence-electron chi connectivity index (χ4n) is 2.91. The first-order chi connectivity index (χ1) is 9.16. The van der Waals surface area contributed by atoms with Crippen molar-refractivity contribution in [3.63, 3.8) is 0 Å². The van der Waals surface area contributed by atoms with Gasteiger partial charge in [0.25, 0.3) is 5.91 Å². The predicted molar refractivity (Wildman–Crippen MR) is 75.2 cm³/mol. The maximum atomic E-state index is 12.5. The normalized spacial score (nSPS) is 22.4. The summed E-state index contributed by atoms with van der Waals surface area (Å²) in [6, 6.07) is 4.03. The standard InChI is InChI=1S/C15H20N2O2/c1-10-8-11-5-6-17(13(11)9-12(10)16)15(18)14-4-2-3-7-19-14/h8-9,14H,2-7,16H2,1H3. The van der Waals surface area contributed by atoms with E-state index in [1.807, 2.05) is 17.9 Å². The van der Waals surface area contributed by atoms with Crippen molar-refractivity contribution in [2.75, 3.05) is 23.8 Å². The number of nitrogen functional groups attached to an aromatic ring is 1. The molecule has 0 radical (unpaired) electrons. The molecule has 0 aliphatic carbocycles. The molecule has 1 aromatic rings. The summed E-state index contributed by atoms with van der Waals surface area (Å²) < 4.78 is 5.60. The Morgan fingerprint density at radius 2 is 2.26 bits per heavy atom. The van der Waals surface area contributed by atoms with Gasteiger partial charge in [-0.1, -0.05) is 6.07 Å². The number of carbonyl (C=O) groups excluding carboxylic acids is 1. The van der Waals surface area contributed by atoms with Crippen LogP contribution in [0.2, 0.25) is 0 Å². The number of nitrogens with two attached hydrogens (primary N) is 1. The topological polar surface area (TPSA) is 55.6 Å². The molecule has 0 spiro atoms. The second-order valence-electron chi connectivity index (χ2n) is 5.43. The maximum absolute atomic E-state index is 12.5. The molecule has 2 aliphatic heterocycles. The molecular weight excluding hydrogens is 240 g/mol. The van der Waals surface area contributed by atoms with E-state index in [2.05, 4.69) is 6.07 Å². The average Bonchev–Trinajstić information content (AvgIpc) is 2.82. The van der Waals surface area contributed by atoms with Gasteiger partial charge in [-0.25, -0.2) is 0 Å². The van der Waals surface area contributed by atoms with Gasteiger partial charge in [0.1, 0.15) is 6.10 Å². The predicted octanol–water partition coefficient (Wildman–Crippen LogP) is 2.04. The van der Waals surface area contributed by atoms with E-state index in [0.717, 1.165) is 49.2 Å². The van der Waals surface area contributed by atoms with Crippen LogP contribution >= 0.6 is 0 Å². The molecule has 4 heteroatoms. The van der Waals surface area contributed by atoms with Crippen molar-refractivity contribution in [2.45, 2.75) is 38.7 Å². The summed E-state index contributed by atoms with van der Waals surface area (Å²) in [7, 11) is 0. The van der Waals surface area contributed by atoms with Gasteiger partial charge in [0.2, 0.25) is 0 Å². The van der Waals surface area contributed by atoms with Gasteiger partial charge in [0.05, 0.1) is 0 Å². The van der Waals surface area contributed by atoms with Crippen LogP contribution in [0.1, 0.15) is 30.4 Å². The Balaban J connectivity index is 1.85. The van der Waals surface area contributed by atoms with Crippen LogP contribution < -0.4 is 10.6 Å². The number of nitrogens with zero attached hydrogens (tertiary/aromatic N) is 1. The summed E-state index contributed by atoms with van der Waals surface area (Å²) in [5, 5.41) is 0. The van der Waals surface area contributed by atoms with Crippen LogP contribution in [0.4, 0.5) is 11.4 Å². The lowest BCUT2D eigenvalue weighted by atomic mass is 10.1. The number of hydrogen-bond acceptors (Lipinski definition) is 3. The lowest BCUT2D eigenvalue weighted by Crippen LogP contribution is -2.41. The molecule has 4 nitrogen and oxygen atoms in total. The van der Waals surface area contributed by atoms with E-state index in [1.54, 1.807) is 0 Å². The van der Waals surface area contributed by atoms with Crippen LogP contribution in [0, 0.1) is 6.92 Å². The van der Waals surface area contributed by atoms with E-state index in [9.17, 15) is 4.79 Å². The molecule has 0 aromatic heterocycles. The molecule has 1 aromatic carbocycles. The summed E-state index contributed by atoms with van der Waals surface area (Å²) in [5.74, 6) is 0.0988. The highest BCUT2D eigenvalue weighted by Crippen LogP contribution is 2.33. The Morgan fingerprint density at radius 1 is 1.42 bits per heavy atom. The van der Waals surface area contributed by atoms with Gasteiger partial charge >= 0.3 is 0 Å². The first-order valence-corrected chi connectivity index (χ1v) is 6.99. The van der Waals surface area contributed by atoms with Crippen molar-refractivity contribution in [2.24, 2.45) is 0 Å². The molecule has 1 atom stereocenters. The molecule has 3 rings (SSSR count). The molecule has 2 aliphatic rings. The molecule has 2 N–H and O–H groups in total. The molecule has 1 fully saturated rings. The van der Waals surface area contributed by atoms with Crippen molar-refractivity contribution >= 4 is 17.3 Å². The molecule has 1 unspecified atom stereocenters. The number of carbonyl (C=O) groups is 1. The Labute approximate surface area is 113 Å². The van der Waals surface area contributed by atoms with Crippen LogP contribution in [-0.2, 0) is 16.0 Å². The zero-order chi connectivity index (χ0) is 13.4. The van der Waals surface area contributed by atoms with Crippen molar-refractivity contribution in [3.8, 4) is 0 Å². The summed E-state index contributed by atoms with van der Waals surface area (Å²) in [5.41, 5.74) is 10.00. The molecule has 1 saturated heterocycles. The number of fused-ring (bicyclic) bond motifs is 1. The first kappa shape index (κ1) is 12.5. The first-order valence-electron chi connectivity index (χ1n) is 6.99. The fraction of sp³-hybridized carbons (Fsp3) is 0.533. The number of amides is 1. The average molecular weight is 260 g/mol. The van der Waals surface area contributed by atoms with Gasteiger partial charge in [-0.2, -0.15) is 0 Å². The molecule has 0 saturated carbocycles. The van der Waals surface area contributed by atoms with Gasteiger partial charge in [-0.3, -0.25) is 4.79 Å².